The number of carbonyl (C=O) groups is 2. The fourth-order valence-electron chi connectivity index (χ4n) is 2.77. The summed E-state index contributed by atoms with van der Waals surface area (Å²) in [5, 5.41) is 0. The lowest BCUT2D eigenvalue weighted by molar-refractivity contribution is -0.167. The van der Waals surface area contributed by atoms with Crippen LogP contribution in [0.5, 0.6) is 5.75 Å². The molecular formula is C17H20F4N2O4. The van der Waals surface area contributed by atoms with E-state index in [0.717, 1.165) is 0 Å². The van der Waals surface area contributed by atoms with Gasteiger partial charge in [-0.25, -0.2) is 4.39 Å². The van der Waals surface area contributed by atoms with Crippen LogP contribution in [0.2, 0.25) is 0 Å². The molecule has 0 unspecified atom stereocenters. The van der Waals surface area contributed by atoms with Crippen molar-refractivity contribution < 1.29 is 36.6 Å². The van der Waals surface area contributed by atoms with E-state index in [1.165, 1.54) is 29.2 Å². The molecule has 6 nitrogen and oxygen atoms in total. The molecule has 10 heteroatoms. The van der Waals surface area contributed by atoms with Crippen molar-refractivity contribution in [3.63, 3.8) is 0 Å². The monoisotopic (exact) mass is 392 g/mol. The van der Waals surface area contributed by atoms with Gasteiger partial charge in [-0.05, 0) is 24.3 Å². The third-order valence-corrected chi connectivity index (χ3v) is 4.04. The van der Waals surface area contributed by atoms with Crippen LogP contribution in [0.15, 0.2) is 24.3 Å². The molecule has 1 aromatic rings. The van der Waals surface area contributed by atoms with Crippen molar-refractivity contribution in [3.8, 4) is 5.75 Å². The molecule has 0 bridgehead atoms. The zero-order chi connectivity index (χ0) is 20.1. The van der Waals surface area contributed by atoms with Crippen LogP contribution in [0.25, 0.3) is 0 Å². The molecule has 1 aliphatic rings. The quantitative estimate of drug-likeness (QED) is 0.720. The van der Waals surface area contributed by atoms with Crippen LogP contribution in [0.4, 0.5) is 17.6 Å². The third-order valence-electron chi connectivity index (χ3n) is 4.04. The highest BCUT2D eigenvalue weighted by Gasteiger charge is 2.41. The Balaban J connectivity index is 2.05. The number of hydrogen-bond acceptors (Lipinski definition) is 4. The van der Waals surface area contributed by atoms with Gasteiger partial charge in [0.15, 0.2) is 0 Å². The number of carbonyl (C=O) groups excluding carboxylic acids is 2. The molecule has 1 saturated heterocycles. The predicted molar refractivity (Wildman–Crippen MR) is 86.3 cm³/mol. The highest BCUT2D eigenvalue weighted by molar-refractivity contribution is 5.77. The zero-order valence-electron chi connectivity index (χ0n) is 14.4. The third kappa shape index (κ3) is 6.70. The summed E-state index contributed by atoms with van der Waals surface area (Å²) in [6, 6.07) is 5.13. The Kier molecular flexibility index (Phi) is 6.63. The summed E-state index contributed by atoms with van der Waals surface area (Å²) < 4.78 is 61.1. The normalized spacial score (nSPS) is 20.4. The van der Waals surface area contributed by atoms with Crippen LogP contribution in [0.1, 0.15) is 19.3 Å². The minimum Gasteiger partial charge on any atom is -0.490 e. The molecule has 0 radical (unpaired) electrons. The fourth-order valence-corrected chi connectivity index (χ4v) is 2.77. The first kappa shape index (κ1) is 20.9. The summed E-state index contributed by atoms with van der Waals surface area (Å²) in [7, 11) is 0. The Hall–Kier alpha value is -2.36. The van der Waals surface area contributed by atoms with Gasteiger partial charge < -0.3 is 20.1 Å². The summed E-state index contributed by atoms with van der Waals surface area (Å²) in [6.07, 6.45) is -6.62. The average Bonchev–Trinajstić information content (AvgIpc) is 2.58. The largest absolute Gasteiger partial charge is 0.490 e. The number of alkyl halides is 3. The summed E-state index contributed by atoms with van der Waals surface area (Å²) in [5.41, 5.74) is 3.97. The van der Waals surface area contributed by atoms with Gasteiger partial charge in [-0.1, -0.05) is 0 Å². The molecule has 0 aromatic heterocycles. The number of nitrogens with two attached hydrogens (primary N) is 1. The van der Waals surface area contributed by atoms with E-state index in [4.69, 9.17) is 15.2 Å². The smallest absolute Gasteiger partial charge is 0.389 e. The van der Waals surface area contributed by atoms with Crippen molar-refractivity contribution in [1.82, 2.24) is 4.90 Å². The minimum atomic E-state index is -4.43. The van der Waals surface area contributed by atoms with Crippen LogP contribution in [-0.4, -0.2) is 54.8 Å². The Morgan fingerprint density at radius 3 is 2.52 bits per heavy atom. The van der Waals surface area contributed by atoms with Crippen molar-refractivity contribution >= 4 is 11.8 Å². The van der Waals surface area contributed by atoms with Gasteiger partial charge in [0.1, 0.15) is 23.8 Å². The number of halogens is 4. The Morgan fingerprint density at radius 2 is 1.93 bits per heavy atom. The lowest BCUT2D eigenvalue weighted by Gasteiger charge is -2.42. The number of nitrogens with zero attached hydrogens (tertiary/aromatic N) is 1. The molecule has 1 atom stereocenters. The van der Waals surface area contributed by atoms with Crippen LogP contribution in [-0.2, 0) is 14.3 Å². The number of primary amides is 1. The molecule has 0 spiro atoms. The van der Waals surface area contributed by atoms with E-state index in [0.29, 0.717) is 5.75 Å². The summed E-state index contributed by atoms with van der Waals surface area (Å²) in [5.74, 6) is -1.54. The van der Waals surface area contributed by atoms with Gasteiger partial charge in [0.05, 0.1) is 26.0 Å². The van der Waals surface area contributed by atoms with E-state index >= 15 is 0 Å². The summed E-state index contributed by atoms with van der Waals surface area (Å²) in [6.45, 7) is -0.177. The zero-order valence-corrected chi connectivity index (χ0v) is 14.4. The van der Waals surface area contributed by atoms with E-state index < -0.39 is 42.3 Å². The number of rotatable bonds is 7. The second kappa shape index (κ2) is 8.55. The molecule has 1 aliphatic heterocycles. The second-order valence-electron chi connectivity index (χ2n) is 6.35. The molecule has 2 rings (SSSR count). The number of benzene rings is 1. The van der Waals surface area contributed by atoms with Gasteiger partial charge in [0.25, 0.3) is 0 Å². The second-order valence-corrected chi connectivity index (χ2v) is 6.35. The van der Waals surface area contributed by atoms with Crippen LogP contribution >= 0.6 is 0 Å². The summed E-state index contributed by atoms with van der Waals surface area (Å²) >= 11 is 0. The van der Waals surface area contributed by atoms with E-state index in [1.807, 2.05) is 0 Å². The fraction of sp³-hybridized carbons (Fsp3) is 0.529. The van der Waals surface area contributed by atoms with Crippen molar-refractivity contribution in [2.24, 2.45) is 5.73 Å². The average molecular weight is 392 g/mol. The first-order valence-electron chi connectivity index (χ1n) is 8.24. The molecular weight excluding hydrogens is 372 g/mol. The number of amides is 2. The highest BCUT2D eigenvalue weighted by Crippen LogP contribution is 2.26. The molecule has 2 amide bonds. The van der Waals surface area contributed by atoms with E-state index in [2.05, 4.69) is 0 Å². The maximum atomic E-state index is 13.0. The topological polar surface area (TPSA) is 81.9 Å². The lowest BCUT2D eigenvalue weighted by atomic mass is 9.97. The van der Waals surface area contributed by atoms with Gasteiger partial charge in [0.2, 0.25) is 11.8 Å². The van der Waals surface area contributed by atoms with Gasteiger partial charge in [-0.2, -0.15) is 13.2 Å². The van der Waals surface area contributed by atoms with Crippen LogP contribution in [0, 0.1) is 5.82 Å². The molecule has 1 aromatic carbocycles. The summed E-state index contributed by atoms with van der Waals surface area (Å²) in [4.78, 5) is 24.8. The first-order chi connectivity index (χ1) is 12.6. The standard InChI is InChI=1S/C17H20F4N2O4/c18-12-1-3-13(4-2-12)26-11-16(9-14(22)24)10-23(7-8-27-16)15(25)5-6-17(19,20)21/h1-4H,5-11H2,(H2,22,24)/t16-/m0/s1. The maximum absolute atomic E-state index is 13.0. The molecule has 2 N–H and O–H groups in total. The molecule has 27 heavy (non-hydrogen) atoms. The molecule has 0 saturated carbocycles. The number of morpholine rings is 1. The molecule has 1 fully saturated rings. The predicted octanol–water partition coefficient (Wildman–Crippen LogP) is 2.02. The maximum Gasteiger partial charge on any atom is 0.389 e. The van der Waals surface area contributed by atoms with Crippen LogP contribution < -0.4 is 10.5 Å². The Labute approximate surface area is 153 Å². The van der Waals surface area contributed by atoms with Crippen molar-refractivity contribution in [3.05, 3.63) is 30.1 Å². The van der Waals surface area contributed by atoms with E-state index in [1.54, 1.807) is 0 Å². The minimum absolute atomic E-state index is 0.0256. The van der Waals surface area contributed by atoms with Gasteiger partial charge in [0, 0.05) is 13.0 Å². The molecule has 1 heterocycles. The lowest BCUT2D eigenvalue weighted by Crippen LogP contribution is -2.58. The van der Waals surface area contributed by atoms with Crippen molar-refractivity contribution in [1.29, 1.82) is 0 Å². The van der Waals surface area contributed by atoms with Crippen molar-refractivity contribution in [2.45, 2.75) is 31.0 Å². The number of hydrogen-bond donors (Lipinski definition) is 1. The molecule has 0 aliphatic carbocycles. The molecule has 150 valence electrons. The van der Waals surface area contributed by atoms with E-state index in [-0.39, 0.29) is 32.7 Å². The first-order valence-corrected chi connectivity index (χ1v) is 8.24. The Bertz CT molecular complexity index is 666. The Morgan fingerprint density at radius 1 is 1.26 bits per heavy atom. The van der Waals surface area contributed by atoms with Gasteiger partial charge in [-0.15, -0.1) is 0 Å². The van der Waals surface area contributed by atoms with Gasteiger partial charge >= 0.3 is 6.18 Å². The van der Waals surface area contributed by atoms with Gasteiger partial charge in [-0.3, -0.25) is 9.59 Å². The van der Waals surface area contributed by atoms with Crippen LogP contribution in [0.3, 0.4) is 0 Å². The SMILES string of the molecule is NC(=O)C[C@@]1(COc2ccc(F)cc2)CN(C(=O)CCC(F)(F)F)CCO1. The highest BCUT2D eigenvalue weighted by atomic mass is 19.4. The van der Waals surface area contributed by atoms with Crippen molar-refractivity contribution in [2.75, 3.05) is 26.3 Å². The van der Waals surface area contributed by atoms with E-state index in [9.17, 15) is 27.2 Å². The number of ether oxygens (including phenoxy) is 2.